The molecule has 0 aliphatic rings. The summed E-state index contributed by atoms with van der Waals surface area (Å²) in [5.74, 6) is 0.123. The highest BCUT2D eigenvalue weighted by Gasteiger charge is 2.29. The molecule has 2 aromatic rings. The van der Waals surface area contributed by atoms with Gasteiger partial charge in [0.2, 0.25) is 20.0 Å². The van der Waals surface area contributed by atoms with Crippen molar-refractivity contribution in [3.05, 3.63) is 52.5 Å². The molecule has 0 aliphatic carbocycles. The minimum atomic E-state index is -4.07. The fourth-order valence-electron chi connectivity index (χ4n) is 2.32. The van der Waals surface area contributed by atoms with Gasteiger partial charge in [0.05, 0.1) is 18.2 Å². The van der Waals surface area contributed by atoms with Gasteiger partial charge in [-0.3, -0.25) is 4.79 Å². The lowest BCUT2D eigenvalue weighted by Crippen LogP contribution is -2.35. The molecule has 152 valence electrons. The number of aryl methyl sites for hydroxylation is 1. The number of nitrogens with zero attached hydrogens (tertiary/aromatic N) is 1. The Balaban J connectivity index is 2.13. The lowest BCUT2D eigenvalue weighted by Gasteiger charge is -2.21. The van der Waals surface area contributed by atoms with Crippen molar-refractivity contribution < 1.29 is 26.4 Å². The van der Waals surface area contributed by atoms with Crippen molar-refractivity contribution in [2.45, 2.75) is 6.92 Å². The van der Waals surface area contributed by atoms with Crippen molar-refractivity contribution in [2.24, 2.45) is 0 Å². The molecular formula is C17H19BrN2O6S2. The Bertz CT molecular complexity index is 1050. The Morgan fingerprint density at radius 2 is 1.61 bits per heavy atom. The summed E-state index contributed by atoms with van der Waals surface area (Å²) in [6.07, 6.45) is 1.58. The number of carbonyl (C=O) groups excluding carboxylic acids is 1. The maximum atomic E-state index is 12.0. The van der Waals surface area contributed by atoms with Gasteiger partial charge in [-0.1, -0.05) is 17.7 Å². The van der Waals surface area contributed by atoms with Crippen LogP contribution in [0.4, 0.5) is 11.4 Å². The van der Waals surface area contributed by atoms with Crippen LogP contribution < -0.4 is 13.8 Å². The van der Waals surface area contributed by atoms with Crippen LogP contribution in [-0.4, -0.2) is 41.9 Å². The minimum Gasteiger partial charge on any atom is -0.484 e. The monoisotopic (exact) mass is 490 g/mol. The fourth-order valence-corrected chi connectivity index (χ4v) is 6.11. The third-order valence-electron chi connectivity index (χ3n) is 3.42. The van der Waals surface area contributed by atoms with Gasteiger partial charge in [-0.05, 0) is 53.2 Å². The van der Waals surface area contributed by atoms with Gasteiger partial charge in [0, 0.05) is 10.2 Å². The molecule has 2 aromatic carbocycles. The Morgan fingerprint density at radius 3 is 2.11 bits per heavy atom. The van der Waals surface area contributed by atoms with Crippen LogP contribution in [0.2, 0.25) is 0 Å². The van der Waals surface area contributed by atoms with Crippen LogP contribution in [0.15, 0.2) is 46.9 Å². The van der Waals surface area contributed by atoms with Crippen LogP contribution in [-0.2, 0) is 24.8 Å². The van der Waals surface area contributed by atoms with Crippen molar-refractivity contribution in [3.63, 3.8) is 0 Å². The molecule has 28 heavy (non-hydrogen) atoms. The average molecular weight is 491 g/mol. The van der Waals surface area contributed by atoms with E-state index < -0.39 is 26.0 Å². The predicted octanol–water partition coefficient (Wildman–Crippen LogP) is 2.50. The molecular weight excluding hydrogens is 472 g/mol. The van der Waals surface area contributed by atoms with Crippen molar-refractivity contribution in [3.8, 4) is 5.75 Å². The zero-order valence-electron chi connectivity index (χ0n) is 15.3. The third kappa shape index (κ3) is 5.94. The summed E-state index contributed by atoms with van der Waals surface area (Å²) >= 11 is 3.15. The highest BCUT2D eigenvalue weighted by atomic mass is 79.9. The number of sulfonamides is 2. The van der Waals surface area contributed by atoms with E-state index in [2.05, 4.69) is 21.2 Å². The van der Waals surface area contributed by atoms with Crippen LogP contribution >= 0.6 is 15.9 Å². The number of hydrogen-bond acceptors (Lipinski definition) is 6. The average Bonchev–Trinajstić information content (AvgIpc) is 2.54. The molecule has 0 unspecified atom stereocenters. The zero-order chi connectivity index (χ0) is 21.1. The third-order valence-corrected chi connectivity index (χ3v) is 7.28. The second-order valence-corrected chi connectivity index (χ2v) is 10.8. The lowest BCUT2D eigenvalue weighted by atomic mass is 10.2. The van der Waals surface area contributed by atoms with Crippen molar-refractivity contribution in [1.82, 2.24) is 0 Å². The van der Waals surface area contributed by atoms with E-state index in [9.17, 15) is 21.6 Å². The quantitative estimate of drug-likeness (QED) is 0.638. The molecule has 2 rings (SSSR count). The molecule has 0 spiro atoms. The van der Waals surface area contributed by atoms with Gasteiger partial charge in [-0.15, -0.1) is 0 Å². The Kier molecular flexibility index (Phi) is 6.73. The number of halogens is 1. The van der Waals surface area contributed by atoms with Crippen LogP contribution in [0.3, 0.4) is 0 Å². The summed E-state index contributed by atoms with van der Waals surface area (Å²) in [4.78, 5) is 12.0. The Labute approximate surface area is 172 Å². The molecule has 0 fully saturated rings. The first-order valence-corrected chi connectivity index (χ1v) is 12.4. The number of anilines is 2. The first kappa shape index (κ1) is 22.2. The number of amides is 1. The summed E-state index contributed by atoms with van der Waals surface area (Å²) in [6, 6.07) is 11.3. The van der Waals surface area contributed by atoms with Crippen LogP contribution in [0.25, 0.3) is 0 Å². The molecule has 1 amide bonds. The standard InChI is InChI=1S/C17H19BrN2O6S2/c1-12-4-7-14(8-5-12)26-11-17(21)19-13-6-9-16(15(18)10-13)20(27(2,22)23)28(3,24)25/h4-10H,11H2,1-3H3,(H,19,21). The summed E-state index contributed by atoms with van der Waals surface area (Å²) in [6.45, 7) is 1.72. The van der Waals surface area contributed by atoms with Gasteiger partial charge < -0.3 is 10.1 Å². The van der Waals surface area contributed by atoms with E-state index in [1.807, 2.05) is 19.1 Å². The number of ether oxygens (including phenoxy) is 1. The number of rotatable bonds is 7. The highest BCUT2D eigenvalue weighted by molar-refractivity contribution is 9.10. The highest BCUT2D eigenvalue weighted by Crippen LogP contribution is 2.32. The number of nitrogens with one attached hydrogen (secondary N) is 1. The zero-order valence-corrected chi connectivity index (χ0v) is 18.6. The summed E-state index contributed by atoms with van der Waals surface area (Å²) in [7, 11) is -8.14. The molecule has 0 radical (unpaired) electrons. The maximum Gasteiger partial charge on any atom is 0.262 e. The summed E-state index contributed by atoms with van der Waals surface area (Å²) in [5, 5.41) is 2.60. The first-order valence-electron chi connectivity index (χ1n) is 7.87. The van der Waals surface area contributed by atoms with E-state index in [1.165, 1.54) is 18.2 Å². The van der Waals surface area contributed by atoms with Gasteiger partial charge in [-0.25, -0.2) is 16.8 Å². The van der Waals surface area contributed by atoms with E-state index >= 15 is 0 Å². The number of benzene rings is 2. The summed E-state index contributed by atoms with van der Waals surface area (Å²) in [5.41, 5.74) is 1.33. The van der Waals surface area contributed by atoms with Crippen LogP contribution in [0.1, 0.15) is 5.56 Å². The smallest absolute Gasteiger partial charge is 0.262 e. The Hall–Kier alpha value is -2.11. The molecule has 0 aliphatic heterocycles. The van der Waals surface area contributed by atoms with Crippen molar-refractivity contribution in [1.29, 1.82) is 0 Å². The van der Waals surface area contributed by atoms with E-state index in [0.717, 1.165) is 18.1 Å². The predicted molar refractivity (Wildman–Crippen MR) is 112 cm³/mol. The number of hydrogen-bond donors (Lipinski definition) is 1. The van der Waals surface area contributed by atoms with Crippen molar-refractivity contribution >= 4 is 53.3 Å². The van der Waals surface area contributed by atoms with Crippen LogP contribution in [0.5, 0.6) is 5.75 Å². The number of carbonyl (C=O) groups is 1. The molecule has 0 heterocycles. The first-order chi connectivity index (χ1) is 12.9. The molecule has 8 nitrogen and oxygen atoms in total. The molecule has 11 heteroatoms. The second kappa shape index (κ2) is 8.50. The van der Waals surface area contributed by atoms with Gasteiger partial charge in [-0.2, -0.15) is 3.71 Å². The lowest BCUT2D eigenvalue weighted by molar-refractivity contribution is -0.118. The molecule has 0 aromatic heterocycles. The van der Waals surface area contributed by atoms with Crippen molar-refractivity contribution in [2.75, 3.05) is 28.1 Å². The molecule has 0 saturated heterocycles. The van der Waals surface area contributed by atoms with Gasteiger partial charge in [0.1, 0.15) is 5.75 Å². The topological polar surface area (TPSA) is 110 Å². The fraction of sp³-hybridized carbons (Fsp3) is 0.235. The van der Waals surface area contributed by atoms with Gasteiger partial charge in [0.15, 0.2) is 6.61 Å². The van der Waals surface area contributed by atoms with E-state index in [-0.39, 0.29) is 16.8 Å². The van der Waals surface area contributed by atoms with E-state index in [4.69, 9.17) is 4.74 Å². The maximum absolute atomic E-state index is 12.0. The molecule has 0 atom stereocenters. The van der Waals surface area contributed by atoms with Gasteiger partial charge >= 0.3 is 0 Å². The normalized spacial score (nSPS) is 11.7. The second-order valence-electron chi connectivity index (χ2n) is 6.04. The Morgan fingerprint density at radius 1 is 1.04 bits per heavy atom. The molecule has 1 N–H and O–H groups in total. The van der Waals surface area contributed by atoms with E-state index in [1.54, 1.807) is 12.1 Å². The SMILES string of the molecule is Cc1ccc(OCC(=O)Nc2ccc(N(S(C)(=O)=O)S(C)(=O)=O)c(Br)c2)cc1. The van der Waals surface area contributed by atoms with Gasteiger partial charge in [0.25, 0.3) is 5.91 Å². The van der Waals surface area contributed by atoms with Crippen LogP contribution in [0, 0.1) is 6.92 Å². The molecule has 0 bridgehead atoms. The summed E-state index contributed by atoms with van der Waals surface area (Å²) < 4.78 is 53.4. The molecule has 0 saturated carbocycles. The van der Waals surface area contributed by atoms with E-state index in [0.29, 0.717) is 15.1 Å². The largest absolute Gasteiger partial charge is 0.484 e. The minimum absolute atomic E-state index is 0.0843.